The Hall–Kier alpha value is -4.52. The van der Waals surface area contributed by atoms with Gasteiger partial charge in [0.2, 0.25) is 0 Å². The first kappa shape index (κ1) is 24.6. The molecule has 0 atom stereocenters. The molecule has 1 N–H and O–H groups in total. The summed E-state index contributed by atoms with van der Waals surface area (Å²) in [6.45, 7) is 0.321. The predicted octanol–water partition coefficient (Wildman–Crippen LogP) is 5.15. The van der Waals surface area contributed by atoms with Gasteiger partial charge in [0.15, 0.2) is 6.61 Å². The van der Waals surface area contributed by atoms with Gasteiger partial charge in [0.25, 0.3) is 11.8 Å². The van der Waals surface area contributed by atoms with E-state index in [1.54, 1.807) is 74.7 Å². The predicted molar refractivity (Wildman–Crippen MR) is 140 cm³/mol. The molecule has 0 fully saturated rings. The third-order valence-electron chi connectivity index (χ3n) is 5.70. The van der Waals surface area contributed by atoms with Crippen LogP contribution in [0.1, 0.15) is 15.9 Å². The molecule has 0 aliphatic rings. The first-order valence-electron chi connectivity index (χ1n) is 11.4. The largest absolute Gasteiger partial charge is 0.497 e. The van der Waals surface area contributed by atoms with E-state index in [0.29, 0.717) is 29.3 Å². The fourth-order valence-electron chi connectivity index (χ4n) is 3.81. The number of carbonyl (C=O) groups is 2. The highest BCUT2D eigenvalue weighted by Crippen LogP contribution is 2.23. The van der Waals surface area contributed by atoms with Crippen molar-refractivity contribution >= 4 is 28.3 Å². The summed E-state index contributed by atoms with van der Waals surface area (Å²) in [5.41, 5.74) is 2.19. The Morgan fingerprint density at radius 1 is 0.778 bits per heavy atom. The Balaban J connectivity index is 1.31. The third-order valence-corrected chi connectivity index (χ3v) is 5.70. The second kappa shape index (κ2) is 11.3. The molecule has 0 aromatic heterocycles. The molecule has 0 bridgehead atoms. The number of fused-ring (bicyclic) bond motifs is 1. The molecule has 0 saturated carbocycles. The SMILES string of the molecule is COc1cccc(NC(=O)COc2ccc(C(=O)N(C)Cc3ccc4cc(OC)ccc4c3)cc2)c1. The third kappa shape index (κ3) is 6.13. The summed E-state index contributed by atoms with van der Waals surface area (Å²) in [5.74, 6) is 1.57. The van der Waals surface area contributed by atoms with Crippen LogP contribution in [-0.4, -0.2) is 44.6 Å². The number of carbonyl (C=O) groups excluding carboxylic acids is 2. The van der Waals surface area contributed by atoms with Crippen LogP contribution in [0.15, 0.2) is 84.9 Å². The zero-order valence-electron chi connectivity index (χ0n) is 20.5. The topological polar surface area (TPSA) is 77.1 Å². The number of amides is 2. The molecule has 2 amide bonds. The summed E-state index contributed by atoms with van der Waals surface area (Å²) in [6.07, 6.45) is 0. The number of benzene rings is 4. The Kier molecular flexibility index (Phi) is 7.70. The van der Waals surface area contributed by atoms with Gasteiger partial charge in [-0.05, 0) is 70.9 Å². The molecule has 4 aromatic carbocycles. The van der Waals surface area contributed by atoms with Crippen molar-refractivity contribution in [1.29, 1.82) is 0 Å². The zero-order valence-corrected chi connectivity index (χ0v) is 20.5. The maximum atomic E-state index is 12.9. The Morgan fingerprint density at radius 3 is 2.19 bits per heavy atom. The smallest absolute Gasteiger partial charge is 0.262 e. The van der Waals surface area contributed by atoms with Crippen LogP contribution in [0.3, 0.4) is 0 Å². The van der Waals surface area contributed by atoms with Gasteiger partial charge in [-0.15, -0.1) is 0 Å². The van der Waals surface area contributed by atoms with E-state index in [-0.39, 0.29) is 18.4 Å². The molecule has 4 aromatic rings. The van der Waals surface area contributed by atoms with E-state index < -0.39 is 0 Å². The lowest BCUT2D eigenvalue weighted by molar-refractivity contribution is -0.118. The van der Waals surface area contributed by atoms with E-state index >= 15 is 0 Å². The van der Waals surface area contributed by atoms with E-state index in [1.165, 1.54) is 0 Å². The minimum absolute atomic E-state index is 0.104. The molecule has 0 heterocycles. The maximum absolute atomic E-state index is 12.9. The van der Waals surface area contributed by atoms with Crippen LogP contribution in [0.2, 0.25) is 0 Å². The van der Waals surface area contributed by atoms with Crippen molar-refractivity contribution in [2.75, 3.05) is 33.2 Å². The highest BCUT2D eigenvalue weighted by Gasteiger charge is 2.13. The Morgan fingerprint density at radius 2 is 1.44 bits per heavy atom. The average Bonchev–Trinajstić information content (AvgIpc) is 2.91. The lowest BCUT2D eigenvalue weighted by Gasteiger charge is -2.18. The molecule has 0 radical (unpaired) electrons. The van der Waals surface area contributed by atoms with Crippen molar-refractivity contribution in [1.82, 2.24) is 4.90 Å². The molecule has 4 rings (SSSR count). The van der Waals surface area contributed by atoms with E-state index in [9.17, 15) is 9.59 Å². The van der Waals surface area contributed by atoms with Crippen LogP contribution in [0.5, 0.6) is 17.2 Å². The standard InChI is InChI=1S/C29H28N2O5/c1-31(18-20-7-8-23-16-27(35-3)14-11-22(23)15-20)29(33)21-9-12-25(13-10-21)36-19-28(32)30-24-5-4-6-26(17-24)34-2/h4-17H,18-19H2,1-3H3,(H,30,32). The number of rotatable bonds is 9. The van der Waals surface area contributed by atoms with Crippen molar-refractivity contribution < 1.29 is 23.8 Å². The van der Waals surface area contributed by atoms with Gasteiger partial charge in [-0.25, -0.2) is 0 Å². The number of nitrogens with one attached hydrogen (secondary N) is 1. The highest BCUT2D eigenvalue weighted by molar-refractivity contribution is 5.94. The van der Waals surface area contributed by atoms with Crippen molar-refractivity contribution in [2.45, 2.75) is 6.54 Å². The summed E-state index contributed by atoms with van der Waals surface area (Å²) >= 11 is 0. The summed E-state index contributed by atoms with van der Waals surface area (Å²) in [5, 5.41) is 4.93. The van der Waals surface area contributed by atoms with Crippen LogP contribution < -0.4 is 19.5 Å². The Labute approximate surface area is 210 Å². The van der Waals surface area contributed by atoms with Gasteiger partial charge in [0.1, 0.15) is 17.2 Å². The van der Waals surface area contributed by atoms with Crippen LogP contribution in [0.4, 0.5) is 5.69 Å². The molecular weight excluding hydrogens is 456 g/mol. The average molecular weight is 485 g/mol. The summed E-state index contributed by atoms with van der Waals surface area (Å²) in [4.78, 5) is 26.8. The van der Waals surface area contributed by atoms with Crippen molar-refractivity contribution in [3.63, 3.8) is 0 Å². The number of anilines is 1. The fourth-order valence-corrected chi connectivity index (χ4v) is 3.81. The molecular formula is C29H28N2O5. The van der Waals surface area contributed by atoms with Gasteiger partial charge in [-0.3, -0.25) is 9.59 Å². The number of methoxy groups -OCH3 is 2. The second-order valence-corrected chi connectivity index (χ2v) is 8.30. The number of hydrogen-bond acceptors (Lipinski definition) is 5. The molecule has 184 valence electrons. The van der Waals surface area contributed by atoms with Crippen LogP contribution in [-0.2, 0) is 11.3 Å². The van der Waals surface area contributed by atoms with E-state index in [4.69, 9.17) is 14.2 Å². The second-order valence-electron chi connectivity index (χ2n) is 8.30. The van der Waals surface area contributed by atoms with Gasteiger partial charge in [-0.1, -0.05) is 24.3 Å². The molecule has 0 saturated heterocycles. The minimum Gasteiger partial charge on any atom is -0.497 e. The summed E-state index contributed by atoms with van der Waals surface area (Å²) in [7, 11) is 4.99. The lowest BCUT2D eigenvalue weighted by Crippen LogP contribution is -2.26. The monoisotopic (exact) mass is 484 g/mol. The van der Waals surface area contributed by atoms with E-state index in [0.717, 1.165) is 22.1 Å². The Bertz CT molecular complexity index is 1370. The zero-order chi connectivity index (χ0) is 25.5. The van der Waals surface area contributed by atoms with Crippen LogP contribution in [0.25, 0.3) is 10.8 Å². The van der Waals surface area contributed by atoms with E-state index in [2.05, 4.69) is 11.4 Å². The van der Waals surface area contributed by atoms with Gasteiger partial charge in [-0.2, -0.15) is 0 Å². The summed E-state index contributed by atoms with van der Waals surface area (Å²) in [6, 6.07) is 25.9. The van der Waals surface area contributed by atoms with Crippen molar-refractivity contribution in [3.05, 3.63) is 96.1 Å². The molecule has 0 aliphatic carbocycles. The molecule has 7 nitrogen and oxygen atoms in total. The quantitative estimate of drug-likeness (QED) is 0.356. The van der Waals surface area contributed by atoms with Gasteiger partial charge in [0.05, 0.1) is 14.2 Å². The van der Waals surface area contributed by atoms with E-state index in [1.807, 2.05) is 30.3 Å². The minimum atomic E-state index is -0.294. The van der Waals surface area contributed by atoms with Gasteiger partial charge in [0, 0.05) is 30.9 Å². The lowest BCUT2D eigenvalue weighted by atomic mass is 10.1. The first-order chi connectivity index (χ1) is 17.4. The molecule has 7 heteroatoms. The fraction of sp³-hybridized carbons (Fsp3) is 0.172. The maximum Gasteiger partial charge on any atom is 0.262 e. The van der Waals surface area contributed by atoms with Gasteiger partial charge >= 0.3 is 0 Å². The first-order valence-corrected chi connectivity index (χ1v) is 11.4. The van der Waals surface area contributed by atoms with Crippen molar-refractivity contribution in [3.8, 4) is 17.2 Å². The molecule has 0 spiro atoms. The molecule has 36 heavy (non-hydrogen) atoms. The molecule has 0 aliphatic heterocycles. The van der Waals surface area contributed by atoms with Crippen LogP contribution >= 0.6 is 0 Å². The molecule has 0 unspecified atom stereocenters. The number of ether oxygens (including phenoxy) is 3. The van der Waals surface area contributed by atoms with Gasteiger partial charge < -0.3 is 24.4 Å². The number of nitrogens with zero attached hydrogens (tertiary/aromatic N) is 1. The van der Waals surface area contributed by atoms with Crippen molar-refractivity contribution in [2.24, 2.45) is 0 Å². The van der Waals surface area contributed by atoms with Crippen LogP contribution in [0, 0.1) is 0 Å². The summed E-state index contributed by atoms with van der Waals surface area (Å²) < 4.78 is 16.0. The normalized spacial score (nSPS) is 10.5. The number of hydrogen-bond donors (Lipinski definition) is 1. The highest BCUT2D eigenvalue weighted by atomic mass is 16.5.